The van der Waals surface area contributed by atoms with Gasteiger partial charge in [-0.2, -0.15) is 8.42 Å². The first-order valence-electron chi connectivity index (χ1n) is 3.96. The van der Waals surface area contributed by atoms with Crippen LogP contribution in [0.3, 0.4) is 0 Å². The van der Waals surface area contributed by atoms with Gasteiger partial charge in [-0.25, -0.2) is 0 Å². The first kappa shape index (κ1) is 13.3. The first-order chi connectivity index (χ1) is 6.30. The highest BCUT2D eigenvalue weighted by Gasteiger charge is 2.16. The summed E-state index contributed by atoms with van der Waals surface area (Å²) in [7, 11) is -3.67. The van der Waals surface area contributed by atoms with Crippen molar-refractivity contribution >= 4 is 16.0 Å². The van der Waals surface area contributed by atoms with Crippen LogP contribution < -0.4 is 16.4 Å². The third kappa shape index (κ3) is 9.39. The number of amides is 1. The summed E-state index contributed by atoms with van der Waals surface area (Å²) in [5, 5.41) is 6.03. The monoisotopic (exact) mass is 225 g/mol. The van der Waals surface area contributed by atoms with Crippen LogP contribution in [0.1, 0.15) is 0 Å². The van der Waals surface area contributed by atoms with Crippen molar-refractivity contribution in [2.75, 3.05) is 25.9 Å². The number of piperazine rings is 1. The van der Waals surface area contributed by atoms with Crippen LogP contribution in [0.2, 0.25) is 0 Å². The van der Waals surface area contributed by atoms with E-state index in [-0.39, 0.29) is 11.9 Å². The van der Waals surface area contributed by atoms with Gasteiger partial charge in [0.2, 0.25) is 5.91 Å². The van der Waals surface area contributed by atoms with E-state index >= 15 is 0 Å². The topological polar surface area (TPSA) is 122 Å². The van der Waals surface area contributed by atoms with E-state index in [0.29, 0.717) is 12.8 Å². The second-order valence-corrected chi connectivity index (χ2v) is 4.31. The number of primary amides is 1. The Hall–Kier alpha value is -0.700. The standard InChI is InChI=1S/C5H11N3O.CH4O3S/c6-5(9)4-3-7-1-2-8-4;1-5(2,3)4/h4,7-8H,1-3H2,(H2,6,9);1H3,(H,2,3,4). The van der Waals surface area contributed by atoms with Crippen LogP contribution in [-0.2, 0) is 14.9 Å². The van der Waals surface area contributed by atoms with Gasteiger partial charge in [0.05, 0.1) is 12.3 Å². The number of carbonyl (C=O) groups excluding carboxylic acids is 1. The van der Waals surface area contributed by atoms with E-state index in [1.54, 1.807) is 0 Å². The summed E-state index contributed by atoms with van der Waals surface area (Å²) >= 11 is 0. The molecule has 1 atom stereocenters. The Labute approximate surface area is 82.8 Å². The molecule has 0 radical (unpaired) electrons. The van der Waals surface area contributed by atoms with Crippen LogP contribution in [0.25, 0.3) is 0 Å². The summed E-state index contributed by atoms with van der Waals surface area (Å²) in [4.78, 5) is 10.5. The molecule has 0 saturated carbocycles. The Morgan fingerprint density at radius 1 is 1.50 bits per heavy atom. The molecule has 0 aromatic rings. The van der Waals surface area contributed by atoms with E-state index in [9.17, 15) is 13.2 Å². The summed E-state index contributed by atoms with van der Waals surface area (Å²) in [5.41, 5.74) is 5.03. The van der Waals surface area contributed by atoms with Gasteiger partial charge in [0.1, 0.15) is 0 Å². The molecule has 1 saturated heterocycles. The van der Waals surface area contributed by atoms with Gasteiger partial charge >= 0.3 is 0 Å². The highest BCUT2D eigenvalue weighted by atomic mass is 32.2. The summed E-state index contributed by atoms with van der Waals surface area (Å²) in [6, 6.07) is -0.168. The number of rotatable bonds is 1. The third-order valence-corrected chi connectivity index (χ3v) is 1.38. The number of carbonyl (C=O) groups is 1. The Kier molecular flexibility index (Phi) is 5.62. The van der Waals surface area contributed by atoms with E-state index in [4.69, 9.17) is 10.3 Å². The molecule has 8 heteroatoms. The maximum absolute atomic E-state index is 10.5. The van der Waals surface area contributed by atoms with Crippen LogP contribution in [0.5, 0.6) is 0 Å². The van der Waals surface area contributed by atoms with Gasteiger partial charge in [-0.15, -0.1) is 0 Å². The molecule has 1 heterocycles. The van der Waals surface area contributed by atoms with Crippen LogP contribution in [-0.4, -0.2) is 50.8 Å². The predicted octanol–water partition coefficient (Wildman–Crippen LogP) is -2.46. The van der Waals surface area contributed by atoms with Gasteiger partial charge < -0.3 is 16.4 Å². The summed E-state index contributed by atoms with van der Waals surface area (Å²) in [5.74, 6) is -0.276. The maximum atomic E-state index is 10.5. The van der Waals surface area contributed by atoms with Crippen molar-refractivity contribution in [2.24, 2.45) is 5.73 Å². The second kappa shape index (κ2) is 5.91. The quantitative estimate of drug-likeness (QED) is 0.367. The molecule has 1 unspecified atom stereocenters. The molecule has 0 spiro atoms. The van der Waals surface area contributed by atoms with E-state index in [0.717, 1.165) is 13.1 Å². The number of nitrogens with one attached hydrogen (secondary N) is 2. The van der Waals surface area contributed by atoms with Crippen LogP contribution in [0.4, 0.5) is 0 Å². The Balaban J connectivity index is 0.000000292. The molecule has 1 fully saturated rings. The minimum absolute atomic E-state index is 0.168. The van der Waals surface area contributed by atoms with Gasteiger partial charge in [-0.05, 0) is 0 Å². The lowest BCUT2D eigenvalue weighted by Gasteiger charge is -2.21. The molecule has 1 amide bonds. The van der Waals surface area contributed by atoms with Gasteiger partial charge in [0, 0.05) is 19.6 Å². The Morgan fingerprint density at radius 2 is 2.00 bits per heavy atom. The summed E-state index contributed by atoms with van der Waals surface area (Å²) in [6.45, 7) is 2.41. The lowest BCUT2D eigenvalue weighted by Crippen LogP contribution is -2.54. The van der Waals surface area contributed by atoms with Crippen molar-refractivity contribution < 1.29 is 17.8 Å². The van der Waals surface area contributed by atoms with Crippen molar-refractivity contribution in [1.82, 2.24) is 10.6 Å². The van der Waals surface area contributed by atoms with Crippen molar-refractivity contribution in [3.8, 4) is 0 Å². The third-order valence-electron chi connectivity index (χ3n) is 1.38. The molecule has 84 valence electrons. The van der Waals surface area contributed by atoms with E-state index < -0.39 is 10.1 Å². The number of nitrogens with two attached hydrogens (primary N) is 1. The molecule has 1 rings (SSSR count). The predicted molar refractivity (Wildman–Crippen MR) is 51.3 cm³/mol. The molecule has 5 N–H and O–H groups in total. The molecular weight excluding hydrogens is 210 g/mol. The highest BCUT2D eigenvalue weighted by Crippen LogP contribution is 1.83. The molecule has 1 aliphatic heterocycles. The number of hydrogen-bond acceptors (Lipinski definition) is 5. The summed E-state index contributed by atoms with van der Waals surface area (Å²) in [6.07, 6.45) is 0.715. The molecule has 14 heavy (non-hydrogen) atoms. The molecule has 0 aliphatic carbocycles. The van der Waals surface area contributed by atoms with Gasteiger partial charge in [0.25, 0.3) is 10.1 Å². The summed E-state index contributed by atoms with van der Waals surface area (Å²) < 4.78 is 25.9. The number of hydrogen-bond donors (Lipinski definition) is 4. The zero-order chi connectivity index (χ0) is 11.2. The van der Waals surface area contributed by atoms with Crippen LogP contribution in [0, 0.1) is 0 Å². The lowest BCUT2D eigenvalue weighted by atomic mass is 10.2. The Bertz CT molecular complexity index is 263. The van der Waals surface area contributed by atoms with Crippen LogP contribution >= 0.6 is 0 Å². The zero-order valence-corrected chi connectivity index (χ0v) is 8.67. The van der Waals surface area contributed by atoms with Crippen molar-refractivity contribution in [1.29, 1.82) is 0 Å². The molecule has 7 nitrogen and oxygen atoms in total. The second-order valence-electron chi connectivity index (χ2n) is 2.85. The van der Waals surface area contributed by atoms with Gasteiger partial charge in [-0.1, -0.05) is 0 Å². The lowest BCUT2D eigenvalue weighted by molar-refractivity contribution is -0.120. The van der Waals surface area contributed by atoms with Crippen molar-refractivity contribution in [3.05, 3.63) is 0 Å². The van der Waals surface area contributed by atoms with Crippen molar-refractivity contribution in [3.63, 3.8) is 0 Å². The molecule has 0 aromatic carbocycles. The van der Waals surface area contributed by atoms with E-state index in [2.05, 4.69) is 10.6 Å². The highest BCUT2D eigenvalue weighted by molar-refractivity contribution is 7.85. The smallest absolute Gasteiger partial charge is 0.261 e. The minimum atomic E-state index is -3.67. The Morgan fingerprint density at radius 3 is 2.21 bits per heavy atom. The average Bonchev–Trinajstić information content (AvgIpc) is 2.03. The molecule has 0 bridgehead atoms. The fraction of sp³-hybridized carbons (Fsp3) is 0.833. The zero-order valence-electron chi connectivity index (χ0n) is 7.86. The minimum Gasteiger partial charge on any atom is -0.368 e. The van der Waals surface area contributed by atoms with E-state index in [1.165, 1.54) is 0 Å². The fourth-order valence-electron chi connectivity index (χ4n) is 0.855. The SMILES string of the molecule is CS(=O)(=O)O.NC(=O)C1CNCCN1. The molecule has 1 aliphatic rings. The van der Waals surface area contributed by atoms with E-state index in [1.807, 2.05) is 0 Å². The maximum Gasteiger partial charge on any atom is 0.261 e. The largest absolute Gasteiger partial charge is 0.368 e. The van der Waals surface area contributed by atoms with Gasteiger partial charge in [-0.3, -0.25) is 9.35 Å². The fourth-order valence-corrected chi connectivity index (χ4v) is 0.855. The normalized spacial score (nSPS) is 22.0. The van der Waals surface area contributed by atoms with Gasteiger partial charge in [0.15, 0.2) is 0 Å². The van der Waals surface area contributed by atoms with Crippen molar-refractivity contribution in [2.45, 2.75) is 6.04 Å². The molecule has 0 aromatic heterocycles. The molecular formula is C6H15N3O4S. The first-order valence-corrected chi connectivity index (χ1v) is 5.81. The van der Waals surface area contributed by atoms with Crippen LogP contribution in [0.15, 0.2) is 0 Å². The average molecular weight is 225 g/mol.